The molecule has 250 valence electrons. The van der Waals surface area contributed by atoms with Gasteiger partial charge < -0.3 is 30.9 Å². The Hall–Kier alpha value is -4.53. The van der Waals surface area contributed by atoms with E-state index in [-0.39, 0.29) is 35.2 Å². The zero-order valence-corrected chi connectivity index (χ0v) is 28.5. The third-order valence-electron chi connectivity index (χ3n) is 9.53. The first-order valence-electron chi connectivity index (χ1n) is 16.7. The van der Waals surface area contributed by atoms with Gasteiger partial charge in [0.05, 0.1) is 19.2 Å². The molecule has 9 nitrogen and oxygen atoms in total. The summed E-state index contributed by atoms with van der Waals surface area (Å²) in [5.41, 5.74) is 12.4. The van der Waals surface area contributed by atoms with Crippen molar-refractivity contribution in [2.45, 2.75) is 89.9 Å². The van der Waals surface area contributed by atoms with Crippen LogP contribution >= 0.6 is 0 Å². The zero-order valence-electron chi connectivity index (χ0n) is 28.5. The maximum atomic E-state index is 13.5. The van der Waals surface area contributed by atoms with E-state index in [1.54, 1.807) is 4.90 Å². The Kier molecular flexibility index (Phi) is 10.1. The molecule has 2 heterocycles. The maximum absolute atomic E-state index is 13.5. The van der Waals surface area contributed by atoms with Crippen molar-refractivity contribution in [1.29, 1.82) is 0 Å². The number of hydrogen-bond donors (Lipinski definition) is 3. The molecule has 3 aromatic rings. The van der Waals surface area contributed by atoms with Gasteiger partial charge in [0.15, 0.2) is 0 Å². The highest BCUT2D eigenvalue weighted by Gasteiger charge is 2.39. The summed E-state index contributed by atoms with van der Waals surface area (Å²) < 4.78 is 4.72. The van der Waals surface area contributed by atoms with Crippen LogP contribution in [0.25, 0.3) is 0 Å². The van der Waals surface area contributed by atoms with Gasteiger partial charge in [-0.25, -0.2) is 4.79 Å². The van der Waals surface area contributed by atoms with Crippen molar-refractivity contribution >= 4 is 35.0 Å². The fourth-order valence-corrected chi connectivity index (χ4v) is 6.87. The van der Waals surface area contributed by atoms with Crippen LogP contribution in [0.3, 0.4) is 0 Å². The summed E-state index contributed by atoms with van der Waals surface area (Å²) in [4.78, 5) is 42.9. The molecule has 2 fully saturated rings. The highest BCUT2D eigenvalue weighted by molar-refractivity contribution is 5.98. The smallest absolute Gasteiger partial charge is 0.407 e. The Balaban J connectivity index is 1.33. The first-order valence-corrected chi connectivity index (χ1v) is 16.7. The normalized spacial score (nSPS) is 20.3. The number of carbonyl (C=O) groups is 3. The predicted molar refractivity (Wildman–Crippen MR) is 187 cm³/mol. The molecule has 0 spiro atoms. The number of anilines is 3. The van der Waals surface area contributed by atoms with E-state index in [1.807, 2.05) is 38.1 Å². The average molecular weight is 640 g/mol. The molecule has 0 radical (unpaired) electrons. The van der Waals surface area contributed by atoms with Gasteiger partial charge in [-0.3, -0.25) is 9.59 Å². The van der Waals surface area contributed by atoms with Crippen molar-refractivity contribution in [3.05, 3.63) is 89.5 Å². The Bertz CT molecular complexity index is 1550. The van der Waals surface area contributed by atoms with Crippen LogP contribution in [0, 0.1) is 5.92 Å². The Morgan fingerprint density at radius 2 is 1.43 bits per heavy atom. The van der Waals surface area contributed by atoms with Crippen molar-refractivity contribution in [3.8, 4) is 0 Å². The van der Waals surface area contributed by atoms with Gasteiger partial charge in [0.2, 0.25) is 11.8 Å². The van der Waals surface area contributed by atoms with Crippen LogP contribution < -0.4 is 21.3 Å². The molecule has 0 saturated carbocycles. The molecule has 2 saturated heterocycles. The summed E-state index contributed by atoms with van der Waals surface area (Å²) in [5.74, 6) is -0.662. The minimum Gasteiger partial charge on any atom is -0.453 e. The Labute approximate surface area is 278 Å². The lowest BCUT2D eigenvalue weighted by molar-refractivity contribution is -0.139. The largest absolute Gasteiger partial charge is 0.453 e. The molecule has 2 aliphatic heterocycles. The number of carbonyl (C=O) groups excluding carboxylic acids is 3. The highest BCUT2D eigenvalue weighted by atomic mass is 16.5. The van der Waals surface area contributed by atoms with Crippen molar-refractivity contribution in [1.82, 2.24) is 10.2 Å². The maximum Gasteiger partial charge on any atom is 0.407 e. The van der Waals surface area contributed by atoms with Gasteiger partial charge in [0, 0.05) is 23.6 Å². The number of nitrogen functional groups attached to an aromatic ring is 1. The molecule has 4 N–H and O–H groups in total. The van der Waals surface area contributed by atoms with E-state index in [4.69, 9.17) is 10.5 Å². The molecule has 0 unspecified atom stereocenters. The van der Waals surface area contributed by atoms with Crippen molar-refractivity contribution in [3.63, 3.8) is 0 Å². The summed E-state index contributed by atoms with van der Waals surface area (Å²) in [6, 6.07) is 24.2. The van der Waals surface area contributed by atoms with Gasteiger partial charge in [-0.2, -0.15) is 0 Å². The summed E-state index contributed by atoms with van der Waals surface area (Å²) in [6.45, 7) is 10.9. The van der Waals surface area contributed by atoms with Crippen LogP contribution in [0.5, 0.6) is 0 Å². The number of ether oxygens (including phenoxy) is 1. The van der Waals surface area contributed by atoms with Crippen LogP contribution in [-0.4, -0.2) is 48.5 Å². The zero-order chi connectivity index (χ0) is 33.9. The quantitative estimate of drug-likeness (QED) is 0.230. The van der Waals surface area contributed by atoms with E-state index in [0.717, 1.165) is 24.9 Å². The molecule has 4 atom stereocenters. The number of likely N-dealkylation sites (tertiary alicyclic amines) is 1. The fraction of sp³-hybridized carbons (Fsp3) is 0.447. The summed E-state index contributed by atoms with van der Waals surface area (Å²) in [7, 11) is 1.27. The SMILES string of the molecule is COC(=O)N[C@H](C(=O)N1CCC[C@H]1C(=O)Nc1ccc([C@@H]2CC[C@@H](c3ccc(N)cc3)N2c2ccc(C(C)(C)C)cc2)cc1)C(C)C. The number of nitrogens with one attached hydrogen (secondary N) is 2. The first-order chi connectivity index (χ1) is 22.4. The van der Waals surface area contributed by atoms with Gasteiger partial charge in [0.25, 0.3) is 0 Å². The Morgan fingerprint density at radius 1 is 0.851 bits per heavy atom. The lowest BCUT2D eigenvalue weighted by Crippen LogP contribution is -2.54. The van der Waals surface area contributed by atoms with Crippen molar-refractivity contribution < 1.29 is 19.1 Å². The van der Waals surface area contributed by atoms with Gasteiger partial charge in [0.1, 0.15) is 12.1 Å². The number of nitrogens with zero attached hydrogens (tertiary/aromatic N) is 2. The fourth-order valence-electron chi connectivity index (χ4n) is 6.87. The summed E-state index contributed by atoms with van der Waals surface area (Å²) in [6.07, 6.45) is 2.60. The van der Waals surface area contributed by atoms with E-state index in [9.17, 15) is 14.4 Å². The minimum absolute atomic E-state index is 0.0679. The standard InChI is InChI=1S/C38H49N5O4/c1-24(2)34(41-37(46)47-6)36(45)42-23-7-8-33(42)35(44)40-29-17-11-26(12-18-29)32-22-21-31(25-9-15-28(39)16-10-25)43(32)30-19-13-27(14-20-30)38(3,4)5/h9-20,24,31-34H,7-8,21-23,39H2,1-6H3,(H,40,44)(H,41,46)/t31-,32-,33-,34-/m0/s1. The lowest BCUT2D eigenvalue weighted by Gasteiger charge is -2.34. The minimum atomic E-state index is -0.772. The van der Waals surface area contributed by atoms with Crippen LogP contribution in [-0.2, 0) is 19.7 Å². The van der Waals surface area contributed by atoms with E-state index in [1.165, 1.54) is 29.5 Å². The monoisotopic (exact) mass is 639 g/mol. The molecule has 3 amide bonds. The molecular formula is C38H49N5O4. The predicted octanol–water partition coefficient (Wildman–Crippen LogP) is 6.96. The van der Waals surface area contributed by atoms with Gasteiger partial charge >= 0.3 is 6.09 Å². The van der Waals surface area contributed by atoms with Crippen molar-refractivity contribution in [2.75, 3.05) is 29.6 Å². The average Bonchev–Trinajstić information content (AvgIpc) is 3.72. The number of methoxy groups -OCH3 is 1. The molecule has 3 aromatic carbocycles. The molecule has 47 heavy (non-hydrogen) atoms. The summed E-state index contributed by atoms with van der Waals surface area (Å²) >= 11 is 0. The second-order valence-corrected chi connectivity index (χ2v) is 14.1. The topological polar surface area (TPSA) is 117 Å². The van der Waals surface area contributed by atoms with Gasteiger partial charge in [-0.15, -0.1) is 0 Å². The number of alkyl carbamates (subject to hydrolysis) is 1. The first kappa shape index (κ1) is 33.8. The molecule has 2 aliphatic rings. The Morgan fingerprint density at radius 3 is 1.96 bits per heavy atom. The second kappa shape index (κ2) is 14.1. The molecule has 9 heteroatoms. The van der Waals surface area contributed by atoms with E-state index in [0.29, 0.717) is 18.7 Å². The van der Waals surface area contributed by atoms with E-state index >= 15 is 0 Å². The second-order valence-electron chi connectivity index (χ2n) is 14.1. The van der Waals surface area contributed by atoms with Gasteiger partial charge in [-0.1, -0.05) is 71.0 Å². The third-order valence-corrected chi connectivity index (χ3v) is 9.53. The molecule has 5 rings (SSSR count). The highest BCUT2D eigenvalue weighted by Crippen LogP contribution is 2.47. The number of rotatable bonds is 8. The third kappa shape index (κ3) is 7.56. The van der Waals surface area contributed by atoms with E-state index < -0.39 is 18.2 Å². The van der Waals surface area contributed by atoms with Crippen LogP contribution in [0.15, 0.2) is 72.8 Å². The molecular weight excluding hydrogens is 590 g/mol. The number of nitrogens with two attached hydrogens (primary N) is 1. The number of hydrogen-bond acceptors (Lipinski definition) is 6. The van der Waals surface area contributed by atoms with Crippen LogP contribution in [0.1, 0.15) is 89.1 Å². The summed E-state index contributed by atoms with van der Waals surface area (Å²) in [5, 5.41) is 5.67. The number of amides is 3. The molecule has 0 aromatic heterocycles. The molecule has 0 bridgehead atoms. The van der Waals surface area contributed by atoms with E-state index in [2.05, 4.69) is 84.8 Å². The van der Waals surface area contributed by atoms with Gasteiger partial charge in [-0.05, 0) is 90.1 Å². The van der Waals surface area contributed by atoms with Crippen LogP contribution in [0.4, 0.5) is 21.9 Å². The molecule has 0 aliphatic carbocycles. The number of benzene rings is 3. The van der Waals surface area contributed by atoms with Crippen LogP contribution in [0.2, 0.25) is 0 Å². The lowest BCUT2D eigenvalue weighted by atomic mass is 9.87. The van der Waals surface area contributed by atoms with Crippen molar-refractivity contribution in [2.24, 2.45) is 5.92 Å².